The first kappa shape index (κ1) is 13.0. The zero-order chi connectivity index (χ0) is 14.1. The first-order chi connectivity index (χ1) is 9.63. The average molecular weight is 308 g/mol. The molecule has 20 heavy (non-hydrogen) atoms. The number of thiazole rings is 1. The Morgan fingerprint density at radius 3 is 3.00 bits per heavy atom. The van der Waals surface area contributed by atoms with Crippen LogP contribution in [0.25, 0.3) is 10.2 Å². The van der Waals surface area contributed by atoms with Crippen LogP contribution in [0, 0.1) is 5.82 Å². The fourth-order valence-corrected chi connectivity index (χ4v) is 2.62. The molecule has 0 spiro atoms. The molecule has 100 valence electrons. The zero-order valence-electron chi connectivity index (χ0n) is 9.93. The van der Waals surface area contributed by atoms with Gasteiger partial charge in [0.05, 0.1) is 27.5 Å². The Balaban J connectivity index is 1.89. The molecule has 3 aromatic rings. The van der Waals surface area contributed by atoms with Gasteiger partial charge in [0, 0.05) is 5.69 Å². The number of benzene rings is 1. The van der Waals surface area contributed by atoms with Crippen LogP contribution in [-0.4, -0.2) is 15.9 Å². The number of nitrogens with zero attached hydrogens (tertiary/aromatic N) is 2. The monoisotopic (exact) mass is 307 g/mol. The summed E-state index contributed by atoms with van der Waals surface area (Å²) in [5.41, 5.74) is 3.17. The molecule has 0 unspecified atom stereocenters. The van der Waals surface area contributed by atoms with Gasteiger partial charge in [-0.2, -0.15) is 0 Å². The molecule has 0 atom stereocenters. The van der Waals surface area contributed by atoms with Gasteiger partial charge in [0.15, 0.2) is 0 Å². The minimum atomic E-state index is -0.613. The number of amides is 1. The molecule has 0 bridgehead atoms. The summed E-state index contributed by atoms with van der Waals surface area (Å²) in [5.74, 6) is -1.12. The third-order valence-corrected chi connectivity index (χ3v) is 3.73. The van der Waals surface area contributed by atoms with E-state index in [9.17, 15) is 9.18 Å². The molecule has 4 nitrogen and oxygen atoms in total. The van der Waals surface area contributed by atoms with Gasteiger partial charge in [0.1, 0.15) is 11.0 Å². The van der Waals surface area contributed by atoms with Crippen LogP contribution in [0.5, 0.6) is 0 Å². The van der Waals surface area contributed by atoms with Crippen LogP contribution in [0.3, 0.4) is 0 Å². The number of hydrogen-bond donors (Lipinski definition) is 1. The van der Waals surface area contributed by atoms with E-state index in [2.05, 4.69) is 15.3 Å². The molecule has 0 aliphatic carbocycles. The summed E-state index contributed by atoms with van der Waals surface area (Å²) in [6.07, 6.45) is 0.961. The van der Waals surface area contributed by atoms with Crippen LogP contribution in [0.1, 0.15) is 10.4 Å². The van der Waals surface area contributed by atoms with Crippen molar-refractivity contribution in [2.24, 2.45) is 0 Å². The Bertz CT molecular complexity index is 805. The van der Waals surface area contributed by atoms with Crippen molar-refractivity contribution >= 4 is 44.7 Å². The molecule has 0 aliphatic rings. The summed E-state index contributed by atoms with van der Waals surface area (Å²) < 4.78 is 14.1. The zero-order valence-corrected chi connectivity index (χ0v) is 11.5. The summed E-state index contributed by atoms with van der Waals surface area (Å²) in [6, 6.07) is 6.37. The Morgan fingerprint density at radius 1 is 1.30 bits per heavy atom. The lowest BCUT2D eigenvalue weighted by Crippen LogP contribution is -2.13. The molecule has 1 N–H and O–H groups in total. The van der Waals surface area contributed by atoms with Crippen LogP contribution in [0.15, 0.2) is 36.0 Å². The van der Waals surface area contributed by atoms with Gasteiger partial charge in [0.25, 0.3) is 5.91 Å². The van der Waals surface area contributed by atoms with Crippen molar-refractivity contribution in [3.05, 3.63) is 52.5 Å². The van der Waals surface area contributed by atoms with Crippen molar-refractivity contribution in [1.29, 1.82) is 0 Å². The number of hydrogen-bond acceptors (Lipinski definition) is 4. The molecule has 0 aliphatic heterocycles. The molecule has 2 aromatic heterocycles. The van der Waals surface area contributed by atoms with E-state index >= 15 is 0 Å². The van der Waals surface area contributed by atoms with Gasteiger partial charge in [0.2, 0.25) is 0 Å². The van der Waals surface area contributed by atoms with E-state index < -0.39 is 11.7 Å². The average Bonchev–Trinajstić information content (AvgIpc) is 2.89. The highest BCUT2D eigenvalue weighted by atomic mass is 35.5. The standard InChI is InChI=1S/C13H7ClFN3OS/c14-12-9(3-7(15)5-16-12)13(19)18-8-1-2-10-11(4-8)20-6-17-10/h1-6H,(H,18,19). The van der Waals surface area contributed by atoms with Crippen molar-refractivity contribution in [3.63, 3.8) is 0 Å². The predicted octanol–water partition coefficient (Wildman–Crippen LogP) is 3.74. The van der Waals surface area contributed by atoms with E-state index in [1.807, 2.05) is 0 Å². The molecule has 0 radical (unpaired) electrons. The summed E-state index contributed by atoms with van der Waals surface area (Å²) in [6.45, 7) is 0. The lowest BCUT2D eigenvalue weighted by Gasteiger charge is -2.06. The largest absolute Gasteiger partial charge is 0.322 e. The summed E-state index contributed by atoms with van der Waals surface area (Å²) >= 11 is 7.26. The lowest BCUT2D eigenvalue weighted by molar-refractivity contribution is 0.102. The van der Waals surface area contributed by atoms with E-state index in [1.165, 1.54) is 11.3 Å². The second-order valence-electron chi connectivity index (χ2n) is 3.98. The second kappa shape index (κ2) is 5.15. The number of halogens is 2. The Labute approximate surface area is 122 Å². The number of fused-ring (bicyclic) bond motifs is 1. The van der Waals surface area contributed by atoms with E-state index in [1.54, 1.807) is 23.7 Å². The van der Waals surface area contributed by atoms with E-state index in [4.69, 9.17) is 11.6 Å². The van der Waals surface area contributed by atoms with E-state index in [-0.39, 0.29) is 10.7 Å². The Hall–Kier alpha value is -2.05. The van der Waals surface area contributed by atoms with Gasteiger partial charge in [-0.1, -0.05) is 11.6 Å². The van der Waals surface area contributed by atoms with Crippen molar-refractivity contribution in [2.75, 3.05) is 5.32 Å². The molecule has 2 heterocycles. The van der Waals surface area contributed by atoms with Gasteiger partial charge in [-0.05, 0) is 24.3 Å². The van der Waals surface area contributed by atoms with Gasteiger partial charge >= 0.3 is 0 Å². The maximum absolute atomic E-state index is 13.1. The highest BCUT2D eigenvalue weighted by Crippen LogP contribution is 2.23. The molecule has 0 saturated heterocycles. The van der Waals surface area contributed by atoms with Crippen LogP contribution >= 0.6 is 22.9 Å². The normalized spacial score (nSPS) is 10.7. The maximum Gasteiger partial charge on any atom is 0.258 e. The summed E-state index contributed by atoms with van der Waals surface area (Å²) in [7, 11) is 0. The minimum Gasteiger partial charge on any atom is -0.322 e. The molecule has 0 saturated carbocycles. The molecule has 1 amide bonds. The van der Waals surface area contributed by atoms with Crippen LogP contribution in [-0.2, 0) is 0 Å². The first-order valence-corrected chi connectivity index (χ1v) is 6.85. The predicted molar refractivity (Wildman–Crippen MR) is 76.8 cm³/mol. The van der Waals surface area contributed by atoms with Crippen molar-refractivity contribution in [3.8, 4) is 0 Å². The molecule has 0 fully saturated rings. The van der Waals surface area contributed by atoms with Gasteiger partial charge in [-0.3, -0.25) is 4.79 Å². The number of rotatable bonds is 2. The second-order valence-corrected chi connectivity index (χ2v) is 5.23. The van der Waals surface area contributed by atoms with E-state index in [0.717, 1.165) is 22.5 Å². The first-order valence-electron chi connectivity index (χ1n) is 5.59. The molecule has 3 rings (SSSR count). The van der Waals surface area contributed by atoms with Gasteiger partial charge < -0.3 is 5.32 Å². The van der Waals surface area contributed by atoms with Crippen LogP contribution in [0.2, 0.25) is 5.15 Å². The molecular weight excluding hydrogens is 301 g/mol. The van der Waals surface area contributed by atoms with E-state index in [0.29, 0.717) is 5.69 Å². The fourth-order valence-electron chi connectivity index (χ4n) is 1.71. The summed E-state index contributed by atoms with van der Waals surface area (Å²) in [4.78, 5) is 19.8. The number of carbonyl (C=O) groups is 1. The van der Waals surface area contributed by atoms with Crippen molar-refractivity contribution < 1.29 is 9.18 Å². The highest BCUT2D eigenvalue weighted by molar-refractivity contribution is 7.16. The van der Waals surface area contributed by atoms with Crippen LogP contribution in [0.4, 0.5) is 10.1 Å². The molecule has 7 heteroatoms. The lowest BCUT2D eigenvalue weighted by atomic mass is 10.2. The quantitative estimate of drug-likeness (QED) is 0.734. The number of carbonyl (C=O) groups excluding carboxylic acids is 1. The number of anilines is 1. The number of pyridine rings is 1. The topological polar surface area (TPSA) is 54.9 Å². The van der Waals surface area contributed by atoms with Gasteiger partial charge in [-0.15, -0.1) is 11.3 Å². The smallest absolute Gasteiger partial charge is 0.258 e. The van der Waals surface area contributed by atoms with Gasteiger partial charge in [-0.25, -0.2) is 14.4 Å². The third-order valence-electron chi connectivity index (χ3n) is 2.64. The number of aromatic nitrogens is 2. The van der Waals surface area contributed by atoms with Crippen LogP contribution < -0.4 is 5.32 Å². The van der Waals surface area contributed by atoms with Crippen molar-refractivity contribution in [1.82, 2.24) is 9.97 Å². The molecular formula is C13H7ClFN3OS. The Morgan fingerprint density at radius 2 is 2.15 bits per heavy atom. The molecule has 1 aromatic carbocycles. The number of nitrogens with one attached hydrogen (secondary N) is 1. The third kappa shape index (κ3) is 2.48. The SMILES string of the molecule is O=C(Nc1ccc2ncsc2c1)c1cc(F)cnc1Cl. The Kier molecular flexibility index (Phi) is 3.33. The summed E-state index contributed by atoms with van der Waals surface area (Å²) in [5, 5.41) is 2.62. The highest BCUT2D eigenvalue weighted by Gasteiger charge is 2.13. The minimum absolute atomic E-state index is 0.00364. The fraction of sp³-hybridized carbons (Fsp3) is 0. The van der Waals surface area contributed by atoms with Crippen molar-refractivity contribution in [2.45, 2.75) is 0 Å². The maximum atomic E-state index is 13.1.